The van der Waals surface area contributed by atoms with Crippen LogP contribution in [0.25, 0.3) is 10.8 Å². The number of hydrogen-bond acceptors (Lipinski definition) is 5. The number of ketones is 2. The van der Waals surface area contributed by atoms with Gasteiger partial charge in [0.2, 0.25) is 17.7 Å². The molecule has 4 atom stereocenters. The lowest BCUT2D eigenvalue weighted by Gasteiger charge is -2.25. The van der Waals surface area contributed by atoms with E-state index < -0.39 is 18.0 Å². The van der Waals surface area contributed by atoms with Crippen LogP contribution in [0.5, 0.6) is 0 Å². The van der Waals surface area contributed by atoms with Gasteiger partial charge >= 0.3 is 0 Å². The Kier molecular flexibility index (Phi) is 12.0. The zero-order chi connectivity index (χ0) is 32.3. The minimum atomic E-state index is -0.834. The number of amides is 3. The first-order valence-electron chi connectivity index (χ1n) is 16.0. The molecule has 1 aliphatic heterocycles. The van der Waals surface area contributed by atoms with Crippen molar-refractivity contribution in [2.75, 3.05) is 6.54 Å². The highest BCUT2D eigenvalue weighted by Crippen LogP contribution is 2.23. The smallest absolute Gasteiger partial charge is 0.225 e. The second-order valence-electron chi connectivity index (χ2n) is 12.6. The summed E-state index contributed by atoms with van der Waals surface area (Å²) in [5, 5.41) is 10.7. The van der Waals surface area contributed by atoms with Crippen LogP contribution < -0.4 is 16.0 Å². The fourth-order valence-electron chi connectivity index (χ4n) is 6.15. The third-order valence-corrected chi connectivity index (χ3v) is 8.58. The molecule has 0 spiro atoms. The van der Waals surface area contributed by atoms with Crippen molar-refractivity contribution in [3.05, 3.63) is 83.9 Å². The maximum absolute atomic E-state index is 14.0. The van der Waals surface area contributed by atoms with Gasteiger partial charge in [-0.25, -0.2) is 0 Å². The van der Waals surface area contributed by atoms with Crippen LogP contribution in [0.3, 0.4) is 0 Å². The lowest BCUT2D eigenvalue weighted by Crippen LogP contribution is -2.47. The van der Waals surface area contributed by atoms with E-state index in [-0.39, 0.29) is 60.4 Å². The quantitative estimate of drug-likeness (QED) is 0.216. The summed E-state index contributed by atoms with van der Waals surface area (Å²) in [6.45, 7) is 6.04. The average Bonchev–Trinajstić information content (AvgIpc) is 3.42. The summed E-state index contributed by atoms with van der Waals surface area (Å²) < 4.78 is 0. The molecule has 1 fully saturated rings. The highest BCUT2D eigenvalue weighted by atomic mass is 16.2. The number of carbonyl (C=O) groups is 5. The fourth-order valence-corrected chi connectivity index (χ4v) is 6.15. The molecule has 0 radical (unpaired) electrons. The lowest BCUT2D eigenvalue weighted by atomic mass is 9.87. The molecule has 1 aliphatic rings. The normalized spacial score (nSPS) is 16.5. The summed E-state index contributed by atoms with van der Waals surface area (Å²) in [4.78, 5) is 65.4. The molecule has 3 N–H and O–H groups in total. The summed E-state index contributed by atoms with van der Waals surface area (Å²) in [6.07, 6.45) is 2.39. The molecule has 3 aromatic carbocycles. The van der Waals surface area contributed by atoms with E-state index >= 15 is 0 Å². The van der Waals surface area contributed by atoms with Crippen molar-refractivity contribution in [2.24, 2.45) is 17.8 Å². The molecular formula is C37H45N3O5. The van der Waals surface area contributed by atoms with E-state index in [1.165, 1.54) is 6.92 Å². The van der Waals surface area contributed by atoms with Crippen LogP contribution in [0.2, 0.25) is 0 Å². The summed E-state index contributed by atoms with van der Waals surface area (Å²) in [5.41, 5.74) is 1.78. The molecule has 238 valence electrons. The van der Waals surface area contributed by atoms with Crippen LogP contribution in [0.15, 0.2) is 72.8 Å². The van der Waals surface area contributed by atoms with Crippen LogP contribution in [0.4, 0.5) is 0 Å². The molecule has 0 unspecified atom stereocenters. The molecule has 8 heteroatoms. The van der Waals surface area contributed by atoms with E-state index in [9.17, 15) is 24.0 Å². The summed E-state index contributed by atoms with van der Waals surface area (Å²) >= 11 is 0. The summed E-state index contributed by atoms with van der Waals surface area (Å²) in [7, 11) is 0. The van der Waals surface area contributed by atoms with Gasteiger partial charge in [0.15, 0.2) is 11.6 Å². The molecule has 3 amide bonds. The van der Waals surface area contributed by atoms with Crippen LogP contribution in [0.1, 0.15) is 64.0 Å². The molecule has 1 heterocycles. The van der Waals surface area contributed by atoms with Gasteiger partial charge in [0.1, 0.15) is 0 Å². The number of benzene rings is 3. The van der Waals surface area contributed by atoms with Crippen molar-refractivity contribution in [3.8, 4) is 0 Å². The third-order valence-electron chi connectivity index (χ3n) is 8.58. The molecule has 0 aliphatic carbocycles. The Morgan fingerprint density at radius 3 is 2.29 bits per heavy atom. The van der Waals surface area contributed by atoms with E-state index in [4.69, 9.17) is 0 Å². The van der Waals surface area contributed by atoms with Gasteiger partial charge in [0.25, 0.3) is 0 Å². The number of carbonyl (C=O) groups excluding carboxylic acids is 5. The van der Waals surface area contributed by atoms with Gasteiger partial charge in [-0.1, -0.05) is 86.6 Å². The lowest BCUT2D eigenvalue weighted by molar-refractivity contribution is -0.133. The number of rotatable bonds is 16. The Morgan fingerprint density at radius 1 is 0.889 bits per heavy atom. The van der Waals surface area contributed by atoms with Crippen molar-refractivity contribution >= 4 is 40.1 Å². The Labute approximate surface area is 265 Å². The largest absolute Gasteiger partial charge is 0.356 e. The first kappa shape index (κ1) is 33.6. The van der Waals surface area contributed by atoms with Gasteiger partial charge in [0, 0.05) is 31.2 Å². The monoisotopic (exact) mass is 611 g/mol. The Hall–Kier alpha value is -4.33. The second-order valence-corrected chi connectivity index (χ2v) is 12.6. The van der Waals surface area contributed by atoms with Gasteiger partial charge < -0.3 is 16.0 Å². The summed E-state index contributed by atoms with van der Waals surface area (Å²) in [6, 6.07) is 21.6. The van der Waals surface area contributed by atoms with E-state index in [1.54, 1.807) is 0 Å². The minimum absolute atomic E-state index is 0.0153. The summed E-state index contributed by atoms with van der Waals surface area (Å²) in [5.74, 6) is -1.76. The van der Waals surface area contributed by atoms with Crippen molar-refractivity contribution in [1.29, 1.82) is 0 Å². The first-order valence-corrected chi connectivity index (χ1v) is 16.0. The zero-order valence-electron chi connectivity index (χ0n) is 26.5. The number of nitrogens with one attached hydrogen (secondary N) is 3. The van der Waals surface area contributed by atoms with Gasteiger partial charge in [-0.3, -0.25) is 24.0 Å². The van der Waals surface area contributed by atoms with Crippen molar-refractivity contribution in [3.63, 3.8) is 0 Å². The Bertz CT molecular complexity index is 1500. The number of hydrogen-bond donors (Lipinski definition) is 3. The molecular weight excluding hydrogens is 566 g/mol. The van der Waals surface area contributed by atoms with E-state index in [0.717, 1.165) is 28.3 Å². The fraction of sp³-hybridized carbons (Fsp3) is 0.432. The number of Topliss-reactive ketones (excluding diaryl/α,β-unsaturated/α-hetero) is 2. The first-order chi connectivity index (χ1) is 21.6. The SMILES string of the molecule is CC(=O)[C@H](CC[C@@H]1CCNC1=O)NC(=O)[C@@H](CC(=O)[C@H](Cc1cccc2ccccc12)NC(=O)Cc1ccccc1)CC(C)C. The molecule has 0 bridgehead atoms. The predicted molar refractivity (Wildman–Crippen MR) is 175 cm³/mol. The topological polar surface area (TPSA) is 121 Å². The molecule has 8 nitrogen and oxygen atoms in total. The van der Waals surface area contributed by atoms with Crippen molar-refractivity contribution in [2.45, 2.75) is 77.8 Å². The van der Waals surface area contributed by atoms with Crippen LogP contribution in [-0.2, 0) is 36.8 Å². The maximum Gasteiger partial charge on any atom is 0.225 e. The van der Waals surface area contributed by atoms with Gasteiger partial charge in [-0.05, 0) is 60.4 Å². The molecule has 0 saturated carbocycles. The highest BCUT2D eigenvalue weighted by Gasteiger charge is 2.32. The second kappa shape index (κ2) is 16.1. The minimum Gasteiger partial charge on any atom is -0.356 e. The van der Waals surface area contributed by atoms with E-state index in [0.29, 0.717) is 25.8 Å². The van der Waals surface area contributed by atoms with E-state index in [2.05, 4.69) is 16.0 Å². The van der Waals surface area contributed by atoms with Crippen LogP contribution >= 0.6 is 0 Å². The number of fused-ring (bicyclic) bond motifs is 1. The highest BCUT2D eigenvalue weighted by molar-refractivity contribution is 5.95. The molecule has 1 saturated heterocycles. The maximum atomic E-state index is 14.0. The zero-order valence-corrected chi connectivity index (χ0v) is 26.5. The third kappa shape index (κ3) is 9.83. The molecule has 4 rings (SSSR count). The Balaban J connectivity index is 1.51. The predicted octanol–water partition coefficient (Wildman–Crippen LogP) is 4.72. The molecule has 3 aromatic rings. The van der Waals surface area contributed by atoms with E-state index in [1.807, 2.05) is 86.6 Å². The standard InChI is InChI=1S/C37H45N3O5/c1-24(2)20-30(37(45)40-32(25(3)41)17-16-28-18-19-38-36(28)44)23-34(42)33(39-35(43)21-26-10-5-4-6-11-26)22-29-14-9-13-27-12-7-8-15-31(27)29/h4-15,24,28,30,32-33H,16-23H2,1-3H3,(H,38,44)(H,39,43)(H,40,45)/t28-,30-,32+,33+/m1/s1. The van der Waals surface area contributed by atoms with Gasteiger partial charge in [-0.15, -0.1) is 0 Å². The van der Waals surface area contributed by atoms with Crippen molar-refractivity contribution < 1.29 is 24.0 Å². The van der Waals surface area contributed by atoms with Crippen molar-refractivity contribution in [1.82, 2.24) is 16.0 Å². The van der Waals surface area contributed by atoms with Gasteiger partial charge in [-0.2, -0.15) is 0 Å². The molecule has 0 aromatic heterocycles. The average molecular weight is 612 g/mol. The van der Waals surface area contributed by atoms with Gasteiger partial charge in [0.05, 0.1) is 18.5 Å². The Morgan fingerprint density at radius 2 is 1.60 bits per heavy atom. The van der Waals surface area contributed by atoms with Crippen LogP contribution in [0, 0.1) is 17.8 Å². The van der Waals surface area contributed by atoms with Crippen LogP contribution in [-0.4, -0.2) is 47.9 Å². The molecule has 45 heavy (non-hydrogen) atoms.